The van der Waals surface area contributed by atoms with Crippen LogP contribution in [0.25, 0.3) is 0 Å². The minimum absolute atomic E-state index is 0.0117. The standard InChI is InChI=1S/C22H28N2O5S/c1-16-6-4-5-7-18(16)15-30(26,27)24-12-10-17(11-13-24)22(25)23-19-8-9-20(28-2)21(14-19)29-3/h4-9,14,17H,10-13,15H2,1-3H3,(H,23,25). The molecule has 0 saturated carbocycles. The van der Waals surface area contributed by atoms with Gasteiger partial charge >= 0.3 is 0 Å². The molecule has 1 aliphatic rings. The molecule has 0 aliphatic carbocycles. The normalized spacial score (nSPS) is 15.6. The molecule has 0 radical (unpaired) electrons. The van der Waals surface area contributed by atoms with Crippen molar-refractivity contribution >= 4 is 21.6 Å². The topological polar surface area (TPSA) is 84.9 Å². The zero-order valence-corrected chi connectivity index (χ0v) is 18.4. The van der Waals surface area contributed by atoms with Crippen LogP contribution in [-0.4, -0.2) is 45.9 Å². The maximum atomic E-state index is 12.8. The Hall–Kier alpha value is -2.58. The van der Waals surface area contributed by atoms with Gasteiger partial charge in [0.15, 0.2) is 11.5 Å². The summed E-state index contributed by atoms with van der Waals surface area (Å²) in [6.07, 6.45) is 0.984. The number of piperidine rings is 1. The summed E-state index contributed by atoms with van der Waals surface area (Å²) < 4.78 is 37.6. The van der Waals surface area contributed by atoms with Crippen molar-refractivity contribution in [1.29, 1.82) is 0 Å². The van der Waals surface area contributed by atoms with Crippen molar-refractivity contribution in [2.45, 2.75) is 25.5 Å². The third-order valence-electron chi connectivity index (χ3n) is 5.47. The van der Waals surface area contributed by atoms with Gasteiger partial charge in [-0.15, -0.1) is 0 Å². The number of ether oxygens (including phenoxy) is 2. The molecule has 2 aromatic rings. The van der Waals surface area contributed by atoms with E-state index in [4.69, 9.17) is 9.47 Å². The molecular weight excluding hydrogens is 404 g/mol. The number of carbonyl (C=O) groups excluding carboxylic acids is 1. The number of nitrogens with one attached hydrogen (secondary N) is 1. The molecule has 30 heavy (non-hydrogen) atoms. The lowest BCUT2D eigenvalue weighted by atomic mass is 9.97. The van der Waals surface area contributed by atoms with Crippen LogP contribution < -0.4 is 14.8 Å². The Balaban J connectivity index is 1.58. The van der Waals surface area contributed by atoms with E-state index in [1.54, 1.807) is 25.3 Å². The molecule has 1 amide bonds. The van der Waals surface area contributed by atoms with Gasteiger partial charge in [0.25, 0.3) is 0 Å². The Morgan fingerprint density at radius 3 is 2.37 bits per heavy atom. The van der Waals surface area contributed by atoms with Crippen molar-refractivity contribution in [3.8, 4) is 11.5 Å². The predicted molar refractivity (Wildman–Crippen MR) is 116 cm³/mol. The van der Waals surface area contributed by atoms with Crippen LogP contribution in [0.1, 0.15) is 24.0 Å². The third kappa shape index (κ3) is 5.12. The summed E-state index contributed by atoms with van der Waals surface area (Å²) >= 11 is 0. The highest BCUT2D eigenvalue weighted by molar-refractivity contribution is 7.88. The zero-order chi connectivity index (χ0) is 21.7. The van der Waals surface area contributed by atoms with Gasteiger partial charge < -0.3 is 14.8 Å². The molecule has 162 valence electrons. The zero-order valence-electron chi connectivity index (χ0n) is 17.6. The summed E-state index contributed by atoms with van der Waals surface area (Å²) in [5.41, 5.74) is 2.39. The summed E-state index contributed by atoms with van der Waals surface area (Å²) in [5.74, 6) is 0.763. The lowest BCUT2D eigenvalue weighted by molar-refractivity contribution is -0.120. The molecule has 0 unspecified atom stereocenters. The van der Waals surface area contributed by atoms with Crippen molar-refractivity contribution in [2.75, 3.05) is 32.6 Å². The minimum atomic E-state index is -3.41. The quantitative estimate of drug-likeness (QED) is 0.726. The number of nitrogens with zero attached hydrogens (tertiary/aromatic N) is 1. The average molecular weight is 433 g/mol. The molecule has 1 N–H and O–H groups in total. The Morgan fingerprint density at radius 2 is 1.73 bits per heavy atom. The number of aryl methyl sites for hydroxylation is 1. The summed E-state index contributed by atoms with van der Waals surface area (Å²) in [6, 6.07) is 12.7. The van der Waals surface area contributed by atoms with E-state index in [1.807, 2.05) is 31.2 Å². The number of rotatable bonds is 7. The largest absolute Gasteiger partial charge is 0.493 e. The second-order valence-electron chi connectivity index (χ2n) is 7.42. The van der Waals surface area contributed by atoms with Crippen LogP contribution in [0.5, 0.6) is 11.5 Å². The first-order valence-electron chi connectivity index (χ1n) is 9.89. The highest BCUT2D eigenvalue weighted by Gasteiger charge is 2.31. The number of hydrogen-bond acceptors (Lipinski definition) is 5. The number of sulfonamides is 1. The van der Waals surface area contributed by atoms with Crippen molar-refractivity contribution in [1.82, 2.24) is 4.31 Å². The molecule has 0 spiro atoms. The van der Waals surface area contributed by atoms with E-state index in [-0.39, 0.29) is 17.6 Å². The first-order chi connectivity index (χ1) is 14.3. The highest BCUT2D eigenvalue weighted by Crippen LogP contribution is 2.30. The second-order valence-corrected chi connectivity index (χ2v) is 9.38. The van der Waals surface area contributed by atoms with Crippen LogP contribution in [0, 0.1) is 12.8 Å². The van der Waals surface area contributed by atoms with E-state index in [9.17, 15) is 13.2 Å². The summed E-state index contributed by atoms with van der Waals surface area (Å²) in [5, 5.41) is 2.90. The van der Waals surface area contributed by atoms with Gasteiger partial charge in [-0.05, 0) is 43.0 Å². The fraction of sp³-hybridized carbons (Fsp3) is 0.409. The molecule has 7 nitrogen and oxygen atoms in total. The summed E-state index contributed by atoms with van der Waals surface area (Å²) in [4.78, 5) is 12.7. The Bertz CT molecular complexity index is 998. The van der Waals surface area contributed by atoms with Crippen LogP contribution in [0.15, 0.2) is 42.5 Å². The molecule has 0 aromatic heterocycles. The number of benzene rings is 2. The van der Waals surface area contributed by atoms with Gasteiger partial charge in [-0.2, -0.15) is 0 Å². The maximum Gasteiger partial charge on any atom is 0.227 e. The van der Waals surface area contributed by atoms with E-state index in [1.165, 1.54) is 11.4 Å². The molecule has 1 saturated heterocycles. The Labute approximate surface area is 178 Å². The molecule has 1 aliphatic heterocycles. The summed E-state index contributed by atoms with van der Waals surface area (Å²) in [7, 11) is -0.322. The van der Waals surface area contributed by atoms with E-state index < -0.39 is 10.0 Å². The SMILES string of the molecule is COc1ccc(NC(=O)C2CCN(S(=O)(=O)Cc3ccccc3C)CC2)cc1OC. The monoisotopic (exact) mass is 432 g/mol. The maximum absolute atomic E-state index is 12.8. The molecule has 2 aromatic carbocycles. The Kier molecular flexibility index (Phi) is 6.99. The third-order valence-corrected chi connectivity index (χ3v) is 7.30. The number of carbonyl (C=O) groups is 1. The minimum Gasteiger partial charge on any atom is -0.493 e. The van der Waals surface area contributed by atoms with Gasteiger partial charge in [0.1, 0.15) is 0 Å². The summed E-state index contributed by atoms with van der Waals surface area (Å²) in [6.45, 7) is 2.60. The lowest BCUT2D eigenvalue weighted by Gasteiger charge is -2.30. The number of amides is 1. The van der Waals surface area contributed by atoms with E-state index in [2.05, 4.69) is 5.32 Å². The van der Waals surface area contributed by atoms with Crippen molar-refractivity contribution in [2.24, 2.45) is 5.92 Å². The van der Waals surface area contributed by atoms with Crippen molar-refractivity contribution in [3.63, 3.8) is 0 Å². The van der Waals surface area contributed by atoms with Crippen LogP contribution in [0.2, 0.25) is 0 Å². The number of hydrogen-bond donors (Lipinski definition) is 1. The molecule has 1 fully saturated rings. The molecule has 8 heteroatoms. The van der Waals surface area contributed by atoms with Crippen LogP contribution in [0.4, 0.5) is 5.69 Å². The molecular formula is C22H28N2O5S. The van der Waals surface area contributed by atoms with Crippen molar-refractivity contribution in [3.05, 3.63) is 53.6 Å². The fourth-order valence-corrected chi connectivity index (χ4v) is 5.28. The van der Waals surface area contributed by atoms with Gasteiger partial charge in [-0.25, -0.2) is 12.7 Å². The van der Waals surface area contributed by atoms with Gasteiger partial charge in [-0.3, -0.25) is 4.79 Å². The number of methoxy groups -OCH3 is 2. The van der Waals surface area contributed by atoms with Gasteiger partial charge in [-0.1, -0.05) is 24.3 Å². The van der Waals surface area contributed by atoms with E-state index in [0.717, 1.165) is 11.1 Å². The van der Waals surface area contributed by atoms with E-state index >= 15 is 0 Å². The molecule has 0 atom stereocenters. The smallest absolute Gasteiger partial charge is 0.227 e. The average Bonchev–Trinajstić information content (AvgIpc) is 2.75. The molecule has 0 bridgehead atoms. The lowest BCUT2D eigenvalue weighted by Crippen LogP contribution is -2.41. The van der Waals surface area contributed by atoms with Gasteiger partial charge in [0.2, 0.25) is 15.9 Å². The highest BCUT2D eigenvalue weighted by atomic mass is 32.2. The van der Waals surface area contributed by atoms with Gasteiger partial charge in [0.05, 0.1) is 20.0 Å². The first kappa shape index (κ1) is 22.1. The fourth-order valence-electron chi connectivity index (χ4n) is 3.61. The Morgan fingerprint density at radius 1 is 1.07 bits per heavy atom. The van der Waals surface area contributed by atoms with Crippen LogP contribution in [-0.2, 0) is 20.6 Å². The van der Waals surface area contributed by atoms with Crippen LogP contribution >= 0.6 is 0 Å². The van der Waals surface area contributed by atoms with Crippen molar-refractivity contribution < 1.29 is 22.7 Å². The number of anilines is 1. The van der Waals surface area contributed by atoms with E-state index in [0.29, 0.717) is 43.1 Å². The molecule has 3 rings (SSSR count). The predicted octanol–water partition coefficient (Wildman–Crippen LogP) is 3.19. The molecule has 1 heterocycles. The van der Waals surface area contributed by atoms with Gasteiger partial charge in [0, 0.05) is 30.8 Å². The van der Waals surface area contributed by atoms with Crippen LogP contribution in [0.3, 0.4) is 0 Å². The second kappa shape index (κ2) is 9.49. The first-order valence-corrected chi connectivity index (χ1v) is 11.5.